The second-order valence-electron chi connectivity index (χ2n) is 6.56. The van der Waals surface area contributed by atoms with Crippen molar-refractivity contribution in [1.29, 1.82) is 0 Å². The lowest BCUT2D eigenvalue weighted by atomic mass is 10.3. The minimum absolute atomic E-state index is 0.125. The molecule has 8 heteroatoms. The first-order valence-corrected chi connectivity index (χ1v) is 9.46. The SMILES string of the molecule is Cc1nn(-c2ccccc2)c(Cl)c1/C=N/NC(=O)Cn1c(C)nc2ccccc21. The number of benzene rings is 2. The lowest BCUT2D eigenvalue weighted by Crippen LogP contribution is -2.23. The summed E-state index contributed by atoms with van der Waals surface area (Å²) < 4.78 is 3.49. The van der Waals surface area contributed by atoms with E-state index in [1.54, 1.807) is 4.68 Å². The van der Waals surface area contributed by atoms with Crippen LogP contribution in [-0.4, -0.2) is 31.5 Å². The molecule has 0 aliphatic rings. The summed E-state index contributed by atoms with van der Waals surface area (Å²) in [4.78, 5) is 16.8. The molecule has 2 aromatic heterocycles. The highest BCUT2D eigenvalue weighted by molar-refractivity contribution is 6.32. The minimum atomic E-state index is -0.253. The third-order valence-corrected chi connectivity index (χ3v) is 4.94. The average Bonchev–Trinajstić information content (AvgIpc) is 3.19. The number of carbonyl (C=O) groups is 1. The summed E-state index contributed by atoms with van der Waals surface area (Å²) in [6, 6.07) is 17.3. The number of halogens is 1. The molecular formula is C21H19ClN6O. The van der Waals surface area contributed by atoms with Gasteiger partial charge in [0.2, 0.25) is 0 Å². The second kappa shape index (κ2) is 7.89. The summed E-state index contributed by atoms with van der Waals surface area (Å²) in [5.74, 6) is 0.519. The van der Waals surface area contributed by atoms with E-state index in [0.717, 1.165) is 22.5 Å². The van der Waals surface area contributed by atoms with Crippen LogP contribution in [0.2, 0.25) is 5.15 Å². The van der Waals surface area contributed by atoms with E-state index in [4.69, 9.17) is 11.6 Å². The summed E-state index contributed by atoms with van der Waals surface area (Å²) in [5, 5.41) is 8.95. The van der Waals surface area contributed by atoms with Crippen molar-refractivity contribution in [2.24, 2.45) is 5.10 Å². The van der Waals surface area contributed by atoms with Crippen LogP contribution in [0, 0.1) is 13.8 Å². The van der Waals surface area contributed by atoms with Crippen molar-refractivity contribution in [2.45, 2.75) is 20.4 Å². The molecule has 2 heterocycles. The van der Waals surface area contributed by atoms with Crippen LogP contribution >= 0.6 is 11.6 Å². The Morgan fingerprint density at radius 1 is 1.14 bits per heavy atom. The maximum absolute atomic E-state index is 12.4. The Hall–Kier alpha value is -3.45. The van der Waals surface area contributed by atoms with Crippen molar-refractivity contribution in [3.05, 3.63) is 76.8 Å². The summed E-state index contributed by atoms with van der Waals surface area (Å²) in [6.07, 6.45) is 1.51. The molecule has 0 fully saturated rings. The number of carbonyl (C=O) groups excluding carboxylic acids is 1. The molecule has 0 atom stereocenters. The number of nitrogens with zero attached hydrogens (tertiary/aromatic N) is 5. The van der Waals surface area contributed by atoms with Gasteiger partial charge in [-0.2, -0.15) is 10.2 Å². The molecule has 1 N–H and O–H groups in total. The molecular weight excluding hydrogens is 388 g/mol. The number of para-hydroxylation sites is 3. The number of hydrazone groups is 1. The van der Waals surface area contributed by atoms with Gasteiger partial charge in [-0.3, -0.25) is 4.79 Å². The van der Waals surface area contributed by atoms with E-state index >= 15 is 0 Å². The Bertz CT molecular complexity index is 1210. The van der Waals surface area contributed by atoms with Gasteiger partial charge in [-0.25, -0.2) is 15.1 Å². The molecule has 29 heavy (non-hydrogen) atoms. The predicted molar refractivity (Wildman–Crippen MR) is 114 cm³/mol. The van der Waals surface area contributed by atoms with E-state index in [0.29, 0.717) is 16.4 Å². The summed E-state index contributed by atoms with van der Waals surface area (Å²) in [7, 11) is 0. The van der Waals surface area contributed by atoms with Gasteiger partial charge >= 0.3 is 0 Å². The Kier molecular flexibility index (Phi) is 5.14. The molecule has 0 saturated heterocycles. The van der Waals surface area contributed by atoms with Gasteiger partial charge < -0.3 is 4.57 Å². The van der Waals surface area contributed by atoms with Crippen LogP contribution in [0.1, 0.15) is 17.1 Å². The van der Waals surface area contributed by atoms with Crippen LogP contribution in [0.3, 0.4) is 0 Å². The molecule has 2 aromatic carbocycles. The first-order valence-electron chi connectivity index (χ1n) is 9.09. The molecule has 4 aromatic rings. The van der Waals surface area contributed by atoms with Gasteiger partial charge in [0.15, 0.2) is 0 Å². The molecule has 0 bridgehead atoms. The van der Waals surface area contributed by atoms with E-state index < -0.39 is 0 Å². The van der Waals surface area contributed by atoms with Gasteiger partial charge in [-0.15, -0.1) is 0 Å². The van der Waals surface area contributed by atoms with Gasteiger partial charge in [0.25, 0.3) is 5.91 Å². The van der Waals surface area contributed by atoms with E-state index in [1.807, 2.05) is 73.0 Å². The molecule has 7 nitrogen and oxygen atoms in total. The molecule has 0 aliphatic heterocycles. The zero-order chi connectivity index (χ0) is 20.4. The molecule has 0 radical (unpaired) electrons. The Morgan fingerprint density at radius 3 is 2.66 bits per heavy atom. The van der Waals surface area contributed by atoms with Crippen LogP contribution < -0.4 is 5.43 Å². The van der Waals surface area contributed by atoms with Crippen molar-refractivity contribution < 1.29 is 4.79 Å². The number of aromatic nitrogens is 4. The molecule has 0 aliphatic carbocycles. The van der Waals surface area contributed by atoms with Gasteiger partial charge in [0, 0.05) is 0 Å². The zero-order valence-electron chi connectivity index (χ0n) is 16.0. The summed E-state index contributed by atoms with van der Waals surface area (Å²) >= 11 is 6.46. The topological polar surface area (TPSA) is 77.1 Å². The fourth-order valence-electron chi connectivity index (χ4n) is 3.14. The maximum Gasteiger partial charge on any atom is 0.260 e. The molecule has 146 valence electrons. The van der Waals surface area contributed by atoms with Crippen LogP contribution in [0.5, 0.6) is 0 Å². The fourth-order valence-corrected chi connectivity index (χ4v) is 3.46. The molecule has 1 amide bonds. The van der Waals surface area contributed by atoms with Crippen LogP contribution in [-0.2, 0) is 11.3 Å². The predicted octanol–water partition coefficient (Wildman–Crippen LogP) is 3.64. The highest BCUT2D eigenvalue weighted by Gasteiger charge is 2.14. The molecule has 4 rings (SSSR count). The first-order chi connectivity index (χ1) is 14.0. The van der Waals surface area contributed by atoms with E-state index in [2.05, 4.69) is 20.6 Å². The number of fused-ring (bicyclic) bond motifs is 1. The quantitative estimate of drug-likeness (QED) is 0.406. The highest BCUT2D eigenvalue weighted by Crippen LogP contribution is 2.21. The number of hydrogen-bond acceptors (Lipinski definition) is 4. The Labute approximate surface area is 172 Å². The number of imidazole rings is 1. The number of hydrogen-bond donors (Lipinski definition) is 1. The fraction of sp³-hybridized carbons (Fsp3) is 0.143. The second-order valence-corrected chi connectivity index (χ2v) is 6.92. The van der Waals surface area contributed by atoms with Crippen molar-refractivity contribution in [3.63, 3.8) is 0 Å². The minimum Gasteiger partial charge on any atom is -0.319 e. The van der Waals surface area contributed by atoms with E-state index in [1.165, 1.54) is 6.21 Å². The lowest BCUT2D eigenvalue weighted by molar-refractivity contribution is -0.121. The number of rotatable bonds is 5. The Balaban J connectivity index is 1.48. The summed E-state index contributed by atoms with van der Waals surface area (Å²) in [6.45, 7) is 3.84. The van der Waals surface area contributed by atoms with Crippen molar-refractivity contribution >= 4 is 34.8 Å². The summed E-state index contributed by atoms with van der Waals surface area (Å²) in [5.41, 5.74) is 6.54. The van der Waals surface area contributed by atoms with Crippen molar-refractivity contribution in [1.82, 2.24) is 24.8 Å². The highest BCUT2D eigenvalue weighted by atomic mass is 35.5. The van der Waals surface area contributed by atoms with Gasteiger partial charge in [-0.1, -0.05) is 41.9 Å². The number of nitrogens with one attached hydrogen (secondary N) is 1. The van der Waals surface area contributed by atoms with Gasteiger partial charge in [0.1, 0.15) is 17.5 Å². The molecule has 0 saturated carbocycles. The number of amides is 1. The Morgan fingerprint density at radius 2 is 1.86 bits per heavy atom. The maximum atomic E-state index is 12.4. The van der Waals surface area contributed by atoms with Crippen LogP contribution in [0.25, 0.3) is 16.7 Å². The third kappa shape index (κ3) is 3.77. The monoisotopic (exact) mass is 406 g/mol. The zero-order valence-corrected chi connectivity index (χ0v) is 16.8. The van der Waals surface area contributed by atoms with E-state index in [9.17, 15) is 4.79 Å². The largest absolute Gasteiger partial charge is 0.319 e. The average molecular weight is 407 g/mol. The molecule has 0 spiro atoms. The first kappa shape index (κ1) is 18.9. The van der Waals surface area contributed by atoms with Gasteiger partial charge in [-0.05, 0) is 38.1 Å². The van der Waals surface area contributed by atoms with Crippen LogP contribution in [0.15, 0.2) is 59.7 Å². The van der Waals surface area contributed by atoms with Crippen molar-refractivity contribution in [2.75, 3.05) is 0 Å². The number of aryl methyl sites for hydroxylation is 2. The standard InChI is InChI=1S/C21H19ClN6O/c1-14-17(21(22)28(26-14)16-8-4-3-5-9-16)12-23-25-20(29)13-27-15(2)24-18-10-6-7-11-19(18)27/h3-12H,13H2,1-2H3,(H,25,29)/b23-12+. The van der Waals surface area contributed by atoms with Crippen LogP contribution in [0.4, 0.5) is 0 Å². The smallest absolute Gasteiger partial charge is 0.260 e. The van der Waals surface area contributed by atoms with E-state index in [-0.39, 0.29) is 12.5 Å². The third-order valence-electron chi connectivity index (χ3n) is 4.58. The van der Waals surface area contributed by atoms with Crippen molar-refractivity contribution in [3.8, 4) is 5.69 Å². The lowest BCUT2D eigenvalue weighted by Gasteiger charge is -2.05. The normalized spacial score (nSPS) is 11.4. The van der Waals surface area contributed by atoms with Gasteiger partial charge in [0.05, 0.1) is 34.2 Å². The molecule has 0 unspecified atom stereocenters.